The quantitative estimate of drug-likeness (QED) is 0.551. The monoisotopic (exact) mass is 488 g/mol. The molecule has 8 nitrogen and oxygen atoms in total. The molecular weight excluding hydrogens is 467 g/mol. The lowest BCUT2D eigenvalue weighted by molar-refractivity contribution is -0.121. The van der Waals surface area contributed by atoms with Crippen molar-refractivity contribution in [2.24, 2.45) is 5.92 Å². The van der Waals surface area contributed by atoms with Crippen LogP contribution in [0.4, 0.5) is 15.2 Å². The van der Waals surface area contributed by atoms with E-state index in [2.05, 4.69) is 15.0 Å². The van der Waals surface area contributed by atoms with Crippen molar-refractivity contribution < 1.29 is 22.4 Å². The lowest BCUT2D eigenvalue weighted by Crippen LogP contribution is -2.41. The largest absolute Gasteiger partial charge is 0.339 e. The summed E-state index contributed by atoms with van der Waals surface area (Å²) in [4.78, 5) is 30.8. The third kappa shape index (κ3) is 5.55. The van der Waals surface area contributed by atoms with E-state index in [4.69, 9.17) is 0 Å². The van der Waals surface area contributed by atoms with Gasteiger partial charge in [-0.05, 0) is 61.4 Å². The molecule has 0 radical (unpaired) electrons. The van der Waals surface area contributed by atoms with Gasteiger partial charge in [0.2, 0.25) is 5.91 Å². The summed E-state index contributed by atoms with van der Waals surface area (Å²) in [7, 11) is -3.76. The Morgan fingerprint density at radius 3 is 2.30 bits per heavy atom. The Bertz CT molecular complexity index is 1220. The van der Waals surface area contributed by atoms with Crippen molar-refractivity contribution in [1.29, 1.82) is 0 Å². The van der Waals surface area contributed by atoms with Crippen LogP contribution in [0.2, 0.25) is 0 Å². The molecular formula is C22H21FN4O4S2. The van der Waals surface area contributed by atoms with Crippen molar-refractivity contribution in [3.63, 3.8) is 0 Å². The highest BCUT2D eigenvalue weighted by molar-refractivity contribution is 7.93. The number of hydrogen-bond acceptors (Lipinski definition) is 6. The summed E-state index contributed by atoms with van der Waals surface area (Å²) in [5.41, 5.74) is 0.900. The average Bonchev–Trinajstić information content (AvgIpc) is 3.32. The van der Waals surface area contributed by atoms with E-state index in [1.165, 1.54) is 66.1 Å². The fourth-order valence-electron chi connectivity index (χ4n) is 3.53. The highest BCUT2D eigenvalue weighted by Crippen LogP contribution is 2.23. The van der Waals surface area contributed by atoms with Gasteiger partial charge < -0.3 is 10.2 Å². The predicted octanol–water partition coefficient (Wildman–Crippen LogP) is 3.57. The van der Waals surface area contributed by atoms with Gasteiger partial charge in [-0.1, -0.05) is 0 Å². The van der Waals surface area contributed by atoms with Crippen LogP contribution < -0.4 is 10.0 Å². The van der Waals surface area contributed by atoms with Crippen molar-refractivity contribution in [3.8, 4) is 0 Å². The number of carbonyl (C=O) groups is 2. The second-order valence-electron chi connectivity index (χ2n) is 7.53. The maximum Gasteiger partial charge on any atom is 0.263 e. The Balaban J connectivity index is 1.31. The second kappa shape index (κ2) is 9.67. The third-order valence-electron chi connectivity index (χ3n) is 5.33. The van der Waals surface area contributed by atoms with Crippen molar-refractivity contribution in [2.45, 2.75) is 17.7 Å². The molecule has 1 aliphatic rings. The van der Waals surface area contributed by atoms with E-state index in [0.29, 0.717) is 37.2 Å². The Kier molecular flexibility index (Phi) is 6.70. The fourth-order valence-corrected chi connectivity index (χ4v) is 5.32. The van der Waals surface area contributed by atoms with Gasteiger partial charge in [0.05, 0.1) is 4.90 Å². The van der Waals surface area contributed by atoms with Crippen molar-refractivity contribution in [2.75, 3.05) is 23.1 Å². The number of nitrogens with one attached hydrogen (secondary N) is 2. The normalized spacial score (nSPS) is 14.6. The summed E-state index contributed by atoms with van der Waals surface area (Å²) in [6.07, 6.45) is 2.51. The molecule has 3 aromatic rings. The van der Waals surface area contributed by atoms with Crippen LogP contribution in [0, 0.1) is 11.7 Å². The minimum absolute atomic E-state index is 0.0586. The molecule has 4 rings (SSSR count). The average molecular weight is 489 g/mol. The number of thiazole rings is 1. The van der Waals surface area contributed by atoms with Gasteiger partial charge in [0.15, 0.2) is 5.13 Å². The lowest BCUT2D eigenvalue weighted by Gasteiger charge is -2.31. The molecule has 33 heavy (non-hydrogen) atoms. The number of anilines is 2. The SMILES string of the molecule is O=C(Nc1ccc(S(=O)(=O)Nc2nccs2)cc1)C1CCN(C(=O)c2ccc(F)cc2)CC1. The molecule has 0 spiro atoms. The summed E-state index contributed by atoms with van der Waals surface area (Å²) in [5.74, 6) is -1.03. The smallest absolute Gasteiger partial charge is 0.263 e. The van der Waals surface area contributed by atoms with Gasteiger partial charge >= 0.3 is 0 Å². The summed E-state index contributed by atoms with van der Waals surface area (Å²) < 4.78 is 40.3. The van der Waals surface area contributed by atoms with E-state index in [-0.39, 0.29) is 27.8 Å². The highest BCUT2D eigenvalue weighted by Gasteiger charge is 2.28. The van der Waals surface area contributed by atoms with Crippen LogP contribution in [-0.2, 0) is 14.8 Å². The maximum atomic E-state index is 13.1. The van der Waals surface area contributed by atoms with E-state index in [9.17, 15) is 22.4 Å². The molecule has 11 heteroatoms. The maximum absolute atomic E-state index is 13.1. The first-order valence-electron chi connectivity index (χ1n) is 10.2. The van der Waals surface area contributed by atoms with Crippen molar-refractivity contribution in [3.05, 3.63) is 71.5 Å². The number of likely N-dealkylation sites (tertiary alicyclic amines) is 1. The zero-order valence-corrected chi connectivity index (χ0v) is 19.0. The molecule has 1 aromatic heterocycles. The van der Waals surface area contributed by atoms with E-state index in [1.54, 1.807) is 10.3 Å². The molecule has 1 fully saturated rings. The van der Waals surface area contributed by atoms with Crippen molar-refractivity contribution in [1.82, 2.24) is 9.88 Å². The summed E-state index contributed by atoms with van der Waals surface area (Å²) >= 11 is 1.17. The van der Waals surface area contributed by atoms with Crippen LogP contribution in [0.25, 0.3) is 0 Å². The highest BCUT2D eigenvalue weighted by atomic mass is 32.2. The fraction of sp³-hybridized carbons (Fsp3) is 0.227. The number of halogens is 1. The van der Waals surface area contributed by atoms with Crippen LogP contribution in [0.5, 0.6) is 0 Å². The van der Waals surface area contributed by atoms with Gasteiger partial charge in [0.25, 0.3) is 15.9 Å². The number of benzene rings is 2. The Hall–Kier alpha value is -3.31. The van der Waals surface area contributed by atoms with Crippen LogP contribution in [-0.4, -0.2) is 43.2 Å². The molecule has 2 heterocycles. The van der Waals surface area contributed by atoms with Gasteiger partial charge in [-0.2, -0.15) is 0 Å². The zero-order chi connectivity index (χ0) is 23.4. The van der Waals surface area contributed by atoms with E-state index in [1.807, 2.05) is 0 Å². The minimum Gasteiger partial charge on any atom is -0.339 e. The Labute approximate surface area is 194 Å². The van der Waals surface area contributed by atoms with Gasteiger partial charge in [0, 0.05) is 41.8 Å². The lowest BCUT2D eigenvalue weighted by atomic mass is 9.95. The molecule has 2 aromatic carbocycles. The first kappa shape index (κ1) is 22.9. The molecule has 2 N–H and O–H groups in total. The molecule has 0 unspecified atom stereocenters. The zero-order valence-electron chi connectivity index (χ0n) is 17.4. The first-order valence-corrected chi connectivity index (χ1v) is 12.6. The van der Waals surface area contributed by atoms with Gasteiger partial charge in [-0.15, -0.1) is 11.3 Å². The molecule has 0 saturated carbocycles. The number of nitrogens with zero attached hydrogens (tertiary/aromatic N) is 2. The topological polar surface area (TPSA) is 108 Å². The number of piperidine rings is 1. The van der Waals surface area contributed by atoms with Crippen molar-refractivity contribution >= 4 is 44.0 Å². The predicted molar refractivity (Wildman–Crippen MR) is 123 cm³/mol. The first-order chi connectivity index (χ1) is 15.8. The molecule has 0 atom stereocenters. The Morgan fingerprint density at radius 2 is 1.70 bits per heavy atom. The second-order valence-corrected chi connectivity index (χ2v) is 10.1. The van der Waals surface area contributed by atoms with Crippen LogP contribution >= 0.6 is 11.3 Å². The van der Waals surface area contributed by atoms with E-state index in [0.717, 1.165) is 0 Å². The van der Waals surface area contributed by atoms with E-state index >= 15 is 0 Å². The van der Waals surface area contributed by atoms with Crippen LogP contribution in [0.3, 0.4) is 0 Å². The molecule has 172 valence electrons. The summed E-state index contributed by atoms with van der Waals surface area (Å²) in [5, 5.41) is 4.75. The summed E-state index contributed by atoms with van der Waals surface area (Å²) in [6.45, 7) is 0.849. The molecule has 0 aliphatic carbocycles. The number of aromatic nitrogens is 1. The van der Waals surface area contributed by atoms with Gasteiger partial charge in [0.1, 0.15) is 5.82 Å². The number of carbonyl (C=O) groups excluding carboxylic acids is 2. The Morgan fingerprint density at radius 1 is 1.03 bits per heavy atom. The molecule has 1 aliphatic heterocycles. The third-order valence-corrected chi connectivity index (χ3v) is 7.50. The number of amides is 2. The number of rotatable bonds is 6. The van der Waals surface area contributed by atoms with Crippen LogP contribution in [0.15, 0.2) is 65.0 Å². The van der Waals surface area contributed by atoms with Gasteiger partial charge in [-0.3, -0.25) is 14.3 Å². The molecule has 1 saturated heterocycles. The standard InChI is InChI=1S/C22H21FN4O4S2/c23-17-3-1-16(2-4-17)21(29)27-12-9-15(10-13-27)20(28)25-18-5-7-19(8-6-18)33(30,31)26-22-24-11-14-32-22/h1-8,11,14-15H,9-10,12-13H2,(H,24,26)(H,25,28). The van der Waals surface area contributed by atoms with Gasteiger partial charge in [-0.25, -0.2) is 17.8 Å². The van der Waals surface area contributed by atoms with E-state index < -0.39 is 15.8 Å². The number of hydrogen-bond donors (Lipinski definition) is 2. The molecule has 2 amide bonds. The molecule has 0 bridgehead atoms. The minimum atomic E-state index is -3.76. The summed E-state index contributed by atoms with van der Waals surface area (Å²) in [6, 6.07) is 11.3. The number of sulfonamides is 1. The van der Waals surface area contributed by atoms with Crippen LogP contribution in [0.1, 0.15) is 23.2 Å².